The minimum Gasteiger partial charge on any atom is -0.735 e. The number of ether oxygens (including phenoxy) is 1. The van der Waals surface area contributed by atoms with Crippen LogP contribution in [0.1, 0.15) is 57.8 Å². The van der Waals surface area contributed by atoms with Gasteiger partial charge in [0.25, 0.3) is 5.91 Å². The zero-order valence-electron chi connectivity index (χ0n) is 14.5. The van der Waals surface area contributed by atoms with Crippen molar-refractivity contribution < 1.29 is 24.2 Å². The van der Waals surface area contributed by atoms with Crippen LogP contribution < -0.4 is 5.32 Å². The van der Waals surface area contributed by atoms with Gasteiger partial charge >= 0.3 is 12.1 Å². The van der Waals surface area contributed by atoms with Crippen molar-refractivity contribution in [2.75, 3.05) is 26.8 Å². The molecule has 2 amide bonds. The lowest BCUT2D eigenvalue weighted by Crippen LogP contribution is -2.49. The molecule has 24 heavy (non-hydrogen) atoms. The Kier molecular flexibility index (Phi) is 9.83. The summed E-state index contributed by atoms with van der Waals surface area (Å²) in [5.74, 6) is -0.621. The van der Waals surface area contributed by atoms with Crippen LogP contribution in [-0.2, 0) is 9.53 Å². The van der Waals surface area contributed by atoms with E-state index in [1.807, 2.05) is 0 Å². The summed E-state index contributed by atoms with van der Waals surface area (Å²) < 4.78 is 5.29. The SMILES string of the molecule is CN1CCOCCCCCCCCCCC(=O)N/C1=[N+](\[O-])C(=O)O. The predicted molar refractivity (Wildman–Crippen MR) is 89.8 cm³/mol. The highest BCUT2D eigenvalue weighted by Gasteiger charge is 2.22. The highest BCUT2D eigenvalue weighted by Crippen LogP contribution is 2.10. The van der Waals surface area contributed by atoms with Gasteiger partial charge in [0, 0.05) is 13.0 Å². The van der Waals surface area contributed by atoms with Gasteiger partial charge in [0.1, 0.15) is 0 Å². The second-order valence-corrected chi connectivity index (χ2v) is 6.06. The van der Waals surface area contributed by atoms with Gasteiger partial charge in [-0.3, -0.25) is 9.69 Å². The van der Waals surface area contributed by atoms with E-state index >= 15 is 0 Å². The minimum absolute atomic E-state index is 0.216. The Morgan fingerprint density at radius 1 is 1.12 bits per heavy atom. The van der Waals surface area contributed by atoms with Gasteiger partial charge in [-0.15, -0.1) is 0 Å². The van der Waals surface area contributed by atoms with E-state index in [1.54, 1.807) is 7.05 Å². The van der Waals surface area contributed by atoms with Crippen LogP contribution in [0.5, 0.6) is 0 Å². The molecule has 0 spiro atoms. The number of likely N-dealkylation sites (N-methyl/N-ethyl adjacent to an activating group) is 1. The van der Waals surface area contributed by atoms with Gasteiger partial charge in [-0.05, 0) is 12.8 Å². The number of rotatable bonds is 0. The maximum absolute atomic E-state index is 12.0. The van der Waals surface area contributed by atoms with E-state index in [-0.39, 0.29) is 23.0 Å². The first-order chi connectivity index (χ1) is 11.5. The average Bonchev–Trinajstić information content (AvgIpc) is 2.55. The Balaban J connectivity index is 2.70. The fourth-order valence-corrected chi connectivity index (χ4v) is 2.54. The Morgan fingerprint density at radius 2 is 1.71 bits per heavy atom. The van der Waals surface area contributed by atoms with Crippen molar-refractivity contribution in [3.8, 4) is 0 Å². The minimum atomic E-state index is -1.66. The first-order valence-corrected chi connectivity index (χ1v) is 8.68. The zero-order chi connectivity index (χ0) is 17.8. The van der Waals surface area contributed by atoms with Crippen LogP contribution in [0.3, 0.4) is 0 Å². The molecule has 1 heterocycles. The molecule has 8 nitrogen and oxygen atoms in total. The van der Waals surface area contributed by atoms with Crippen LogP contribution in [0.2, 0.25) is 0 Å². The second-order valence-electron chi connectivity index (χ2n) is 6.06. The summed E-state index contributed by atoms with van der Waals surface area (Å²) in [6, 6.07) is 0. The third kappa shape index (κ3) is 8.14. The molecule has 0 unspecified atom stereocenters. The summed E-state index contributed by atoms with van der Waals surface area (Å²) in [7, 11) is 1.56. The number of amides is 2. The molecule has 0 atom stereocenters. The summed E-state index contributed by atoms with van der Waals surface area (Å²) >= 11 is 0. The van der Waals surface area contributed by atoms with Crippen LogP contribution in [0, 0.1) is 5.21 Å². The topological polar surface area (TPSA) is 105 Å². The highest BCUT2D eigenvalue weighted by molar-refractivity contribution is 5.95. The lowest BCUT2D eigenvalue weighted by Gasteiger charge is -2.19. The van der Waals surface area contributed by atoms with Crippen LogP contribution in [0.25, 0.3) is 0 Å². The monoisotopic (exact) mass is 343 g/mol. The van der Waals surface area contributed by atoms with Gasteiger partial charge in [-0.2, -0.15) is 4.74 Å². The van der Waals surface area contributed by atoms with E-state index in [0.29, 0.717) is 19.8 Å². The van der Waals surface area contributed by atoms with Gasteiger partial charge in [0.15, 0.2) is 0 Å². The van der Waals surface area contributed by atoms with E-state index in [1.165, 1.54) is 17.7 Å². The Hall–Kier alpha value is -1.83. The molecular weight excluding hydrogens is 314 g/mol. The maximum Gasteiger partial charge on any atom is 0.476 e. The van der Waals surface area contributed by atoms with Crippen molar-refractivity contribution in [1.82, 2.24) is 10.2 Å². The molecule has 8 heteroatoms. The molecule has 0 aromatic carbocycles. The lowest BCUT2D eigenvalue weighted by atomic mass is 10.1. The number of carboxylic acid groups (broad SMARTS) is 1. The Labute approximate surface area is 143 Å². The second kappa shape index (κ2) is 11.7. The van der Waals surface area contributed by atoms with Crippen molar-refractivity contribution in [2.24, 2.45) is 0 Å². The molecule has 0 saturated carbocycles. The Morgan fingerprint density at radius 3 is 2.33 bits per heavy atom. The number of carbonyl (C=O) groups excluding carboxylic acids is 1. The average molecular weight is 343 g/mol. The first kappa shape index (κ1) is 20.2. The molecule has 0 aliphatic carbocycles. The molecule has 1 saturated heterocycles. The van der Waals surface area contributed by atoms with E-state index in [2.05, 4.69) is 5.32 Å². The third-order valence-corrected chi connectivity index (χ3v) is 3.99. The fourth-order valence-electron chi connectivity index (χ4n) is 2.54. The standard InChI is InChI=1S/C16H29N3O5/c1-18-11-13-24-12-9-7-5-3-2-4-6-8-10-14(20)17-15(18)19(23)16(21)22/h2-13H2,1H3,(H,17,20)(H,21,22)/b19-15+. The molecule has 0 aromatic rings. The summed E-state index contributed by atoms with van der Waals surface area (Å²) in [5, 5.41) is 23.0. The predicted octanol–water partition coefficient (Wildman–Crippen LogP) is 2.12. The molecule has 1 rings (SSSR count). The van der Waals surface area contributed by atoms with E-state index in [0.717, 1.165) is 38.5 Å². The number of hydroxylamine groups is 1. The van der Waals surface area contributed by atoms with Crippen LogP contribution >= 0.6 is 0 Å². The fraction of sp³-hybridized carbons (Fsp3) is 0.812. The molecule has 0 radical (unpaired) electrons. The summed E-state index contributed by atoms with van der Waals surface area (Å²) in [6.07, 6.45) is 7.10. The summed E-state index contributed by atoms with van der Waals surface area (Å²) in [6.45, 7) is 1.33. The number of nitrogens with zero attached hydrogens (tertiary/aromatic N) is 2. The van der Waals surface area contributed by atoms with E-state index in [4.69, 9.17) is 9.84 Å². The van der Waals surface area contributed by atoms with Gasteiger partial charge < -0.3 is 15.1 Å². The van der Waals surface area contributed by atoms with Gasteiger partial charge in [0.05, 0.1) is 20.2 Å². The number of guanidine groups is 1. The molecule has 0 aromatic heterocycles. The van der Waals surface area contributed by atoms with Crippen LogP contribution in [0.15, 0.2) is 0 Å². The number of hydrogen-bond acceptors (Lipinski definition) is 4. The molecule has 1 aliphatic heterocycles. The van der Waals surface area contributed by atoms with Crippen molar-refractivity contribution in [3.63, 3.8) is 0 Å². The van der Waals surface area contributed by atoms with Gasteiger partial charge in [-0.1, -0.05) is 38.5 Å². The van der Waals surface area contributed by atoms with Gasteiger partial charge in [-0.25, -0.2) is 10.1 Å². The lowest BCUT2D eigenvalue weighted by molar-refractivity contribution is -0.378. The third-order valence-electron chi connectivity index (χ3n) is 3.99. The zero-order valence-corrected chi connectivity index (χ0v) is 14.5. The highest BCUT2D eigenvalue weighted by atomic mass is 16.5. The largest absolute Gasteiger partial charge is 0.735 e. The van der Waals surface area contributed by atoms with Crippen LogP contribution in [-0.4, -0.2) is 59.5 Å². The van der Waals surface area contributed by atoms with E-state index < -0.39 is 6.09 Å². The maximum atomic E-state index is 12.0. The quantitative estimate of drug-likeness (QED) is 0.396. The summed E-state index contributed by atoms with van der Waals surface area (Å²) in [4.78, 5) is 24.3. The number of carbonyl (C=O) groups is 2. The molecule has 0 bridgehead atoms. The van der Waals surface area contributed by atoms with Crippen LogP contribution in [0.4, 0.5) is 4.79 Å². The first-order valence-electron chi connectivity index (χ1n) is 8.68. The number of nitrogens with one attached hydrogen (secondary N) is 1. The van der Waals surface area contributed by atoms with Gasteiger partial charge in [0.2, 0.25) is 0 Å². The smallest absolute Gasteiger partial charge is 0.476 e. The van der Waals surface area contributed by atoms with E-state index in [9.17, 15) is 14.8 Å². The number of hydrogen-bond donors (Lipinski definition) is 2. The van der Waals surface area contributed by atoms with Crippen molar-refractivity contribution in [2.45, 2.75) is 57.8 Å². The molecule has 1 fully saturated rings. The molecule has 1 aliphatic rings. The van der Waals surface area contributed by atoms with Crippen molar-refractivity contribution in [3.05, 3.63) is 5.21 Å². The Bertz CT molecular complexity index is 439. The normalized spacial score (nSPS) is 22.4. The van der Waals surface area contributed by atoms with Crippen molar-refractivity contribution >= 4 is 18.0 Å². The molecular formula is C16H29N3O5. The molecule has 138 valence electrons. The summed E-state index contributed by atoms with van der Waals surface area (Å²) in [5.41, 5.74) is 0. The van der Waals surface area contributed by atoms with Crippen molar-refractivity contribution in [1.29, 1.82) is 0 Å². The molecule has 2 N–H and O–H groups in total.